The molecule has 12 atom stereocenters. The van der Waals surface area contributed by atoms with Gasteiger partial charge >= 0.3 is 0 Å². The van der Waals surface area contributed by atoms with Gasteiger partial charge in [-0.15, -0.1) is 0 Å². The van der Waals surface area contributed by atoms with E-state index in [0.717, 1.165) is 51.4 Å². The van der Waals surface area contributed by atoms with Crippen LogP contribution < -0.4 is 0 Å². The maximum absolute atomic E-state index is 14.7. The molecule has 5 heteroatoms. The van der Waals surface area contributed by atoms with Gasteiger partial charge in [0, 0.05) is 16.7 Å². The quantitative estimate of drug-likeness (QED) is 0.326. The molecule has 0 aromatic rings. The van der Waals surface area contributed by atoms with E-state index >= 15 is 0 Å². The number of allylic oxidation sites excluding steroid dienone is 3. The summed E-state index contributed by atoms with van der Waals surface area (Å²) in [7, 11) is 0. The molecule has 7 aliphatic carbocycles. The highest BCUT2D eigenvalue weighted by molar-refractivity contribution is 5.95. The summed E-state index contributed by atoms with van der Waals surface area (Å²) in [6, 6.07) is 0. The monoisotopic (exact) mass is 566 g/mol. The number of ketones is 1. The summed E-state index contributed by atoms with van der Waals surface area (Å²) >= 11 is 0. The maximum atomic E-state index is 14.7. The van der Waals surface area contributed by atoms with Crippen LogP contribution in [-0.4, -0.2) is 51.1 Å². The molecule has 4 N–H and O–H groups in total. The highest BCUT2D eigenvalue weighted by Gasteiger charge is 2.79. The molecular weight excluding hydrogens is 512 g/mol. The van der Waals surface area contributed by atoms with E-state index < -0.39 is 27.9 Å². The second kappa shape index (κ2) is 8.17. The van der Waals surface area contributed by atoms with Crippen molar-refractivity contribution < 1.29 is 25.2 Å². The third-order valence-corrected chi connectivity index (χ3v) is 15.9. The molecule has 1 spiro atoms. The smallest absolute Gasteiger partial charge is 0.159 e. The molecule has 0 aliphatic heterocycles. The van der Waals surface area contributed by atoms with Crippen LogP contribution in [-0.2, 0) is 4.79 Å². The largest absolute Gasteiger partial charge is 0.396 e. The highest BCUT2D eigenvalue weighted by Crippen LogP contribution is 2.81. The van der Waals surface area contributed by atoms with Crippen molar-refractivity contribution >= 4 is 5.78 Å². The van der Waals surface area contributed by atoms with Crippen molar-refractivity contribution in [3.63, 3.8) is 0 Å². The van der Waals surface area contributed by atoms with Crippen molar-refractivity contribution in [2.75, 3.05) is 13.2 Å². The predicted octanol–water partition coefficient (Wildman–Crippen LogP) is 5.60. The zero-order valence-electron chi connectivity index (χ0n) is 26.3. The van der Waals surface area contributed by atoms with Gasteiger partial charge in [0.25, 0.3) is 0 Å². The molecule has 0 unspecified atom stereocenters. The van der Waals surface area contributed by atoms with Crippen molar-refractivity contribution in [1.82, 2.24) is 0 Å². The number of fused-ring (bicyclic) bond motifs is 6. The standard InChI is InChI=1S/C36H54O5/c1-29(2)17-24-23-16-25(39)28-30(3)13-11-27(40)31(4,20-37)26(30)10-14-32(28,5)33(23,6)19-35(41)15-9-22-8-7-12-34(22,18-29)36(24,35)21-38/h9,15-16,22,24,26-28,37-38,40-41H,7-8,10-14,17-21H2,1-6H3/t22-,24-,26+,27+,28-,30+,31+,32-,33-,34+,35+,36-/m1/s1. The minimum atomic E-state index is -1.14. The van der Waals surface area contributed by atoms with Gasteiger partial charge in [0.2, 0.25) is 0 Å². The second-order valence-electron chi connectivity index (χ2n) is 17.8. The van der Waals surface area contributed by atoms with Crippen molar-refractivity contribution in [2.45, 2.75) is 117 Å². The fourth-order valence-corrected chi connectivity index (χ4v) is 14.2. The minimum absolute atomic E-state index is 0.0423. The lowest BCUT2D eigenvalue weighted by molar-refractivity contribution is -0.277. The van der Waals surface area contributed by atoms with Crippen LogP contribution in [0.3, 0.4) is 0 Å². The lowest BCUT2D eigenvalue weighted by Gasteiger charge is -2.76. The average Bonchev–Trinajstić information content (AvgIpc) is 3.29. The molecule has 7 rings (SSSR count). The SMILES string of the molecule is CC1(C)C[C@@H]2C3=CC(=O)[C@@H]4[C@@]5(C)CC[C@H](O)[C@@](C)(CO)[C@H]5CC[C@@]4(C)[C@]3(C)C[C@@]3(O)C=C[C@H]4CCC[C@@]4(C1)[C@@]23CO. The van der Waals surface area contributed by atoms with E-state index in [1.807, 2.05) is 13.0 Å². The first-order valence-electron chi connectivity index (χ1n) is 16.6. The van der Waals surface area contributed by atoms with Gasteiger partial charge in [-0.2, -0.15) is 0 Å². The van der Waals surface area contributed by atoms with Crippen LogP contribution in [0.4, 0.5) is 0 Å². The summed E-state index contributed by atoms with van der Waals surface area (Å²) < 4.78 is 0. The first-order chi connectivity index (χ1) is 19.0. The number of aliphatic hydroxyl groups is 4. The van der Waals surface area contributed by atoms with Crippen molar-refractivity contribution in [3.05, 3.63) is 23.8 Å². The predicted molar refractivity (Wildman–Crippen MR) is 159 cm³/mol. The van der Waals surface area contributed by atoms with Gasteiger partial charge in [-0.25, -0.2) is 0 Å². The fourth-order valence-electron chi connectivity index (χ4n) is 14.2. The lowest BCUT2D eigenvalue weighted by Crippen LogP contribution is -2.76. The van der Waals surface area contributed by atoms with Crippen molar-refractivity contribution in [3.8, 4) is 0 Å². The Morgan fingerprint density at radius 1 is 0.927 bits per heavy atom. The molecule has 5 fully saturated rings. The van der Waals surface area contributed by atoms with Crippen LogP contribution in [0.25, 0.3) is 0 Å². The number of carbonyl (C=O) groups is 1. The fraction of sp³-hybridized carbons (Fsp3) is 0.861. The Balaban J connectivity index is 1.44. The number of aliphatic hydroxyl groups excluding tert-OH is 3. The average molecular weight is 567 g/mol. The Morgan fingerprint density at radius 2 is 1.66 bits per heavy atom. The molecule has 0 aromatic carbocycles. The molecule has 0 radical (unpaired) electrons. The summed E-state index contributed by atoms with van der Waals surface area (Å²) in [5.41, 5.74) is -2.47. The van der Waals surface area contributed by atoms with Crippen LogP contribution in [0.5, 0.6) is 0 Å². The zero-order chi connectivity index (χ0) is 29.6. The first-order valence-corrected chi connectivity index (χ1v) is 16.6. The molecule has 41 heavy (non-hydrogen) atoms. The van der Waals surface area contributed by atoms with Gasteiger partial charge in [-0.1, -0.05) is 65.7 Å². The molecule has 0 aromatic heterocycles. The molecule has 0 heterocycles. The Hall–Kier alpha value is -1.01. The summed E-state index contributed by atoms with van der Waals surface area (Å²) in [5.74, 6) is 0.341. The van der Waals surface area contributed by atoms with Crippen LogP contribution in [0.2, 0.25) is 0 Å². The van der Waals surface area contributed by atoms with Crippen LogP contribution in [0.1, 0.15) is 106 Å². The number of rotatable bonds is 2. The molecule has 228 valence electrons. The van der Waals surface area contributed by atoms with Gasteiger partial charge in [0.15, 0.2) is 5.78 Å². The summed E-state index contributed by atoms with van der Waals surface area (Å²) in [6.45, 7) is 13.6. The summed E-state index contributed by atoms with van der Waals surface area (Å²) in [4.78, 5) is 14.7. The topological polar surface area (TPSA) is 98.0 Å². The van der Waals surface area contributed by atoms with E-state index in [1.165, 1.54) is 5.57 Å². The third kappa shape index (κ3) is 2.97. The van der Waals surface area contributed by atoms with Gasteiger partial charge in [0.1, 0.15) is 0 Å². The van der Waals surface area contributed by atoms with Crippen molar-refractivity contribution in [2.24, 2.45) is 61.6 Å². The molecule has 0 amide bonds. The summed E-state index contributed by atoms with van der Waals surface area (Å²) in [6.07, 6.45) is 14.6. The van der Waals surface area contributed by atoms with Crippen LogP contribution in [0.15, 0.2) is 23.8 Å². The first kappa shape index (κ1) is 28.7. The van der Waals surface area contributed by atoms with Gasteiger partial charge < -0.3 is 20.4 Å². The van der Waals surface area contributed by atoms with E-state index in [0.29, 0.717) is 18.8 Å². The molecule has 5 saturated carbocycles. The summed E-state index contributed by atoms with van der Waals surface area (Å²) in [5, 5.41) is 46.2. The van der Waals surface area contributed by atoms with Crippen molar-refractivity contribution in [1.29, 1.82) is 0 Å². The Bertz CT molecular complexity index is 1240. The molecule has 0 bridgehead atoms. The van der Waals surface area contributed by atoms with Crippen LogP contribution >= 0.6 is 0 Å². The lowest BCUT2D eigenvalue weighted by atomic mass is 9.28. The Labute approximate surface area is 246 Å². The normalized spacial score (nSPS) is 58.4. The number of hydrogen-bond acceptors (Lipinski definition) is 5. The highest BCUT2D eigenvalue weighted by atomic mass is 16.3. The number of hydrogen-bond donors (Lipinski definition) is 4. The zero-order valence-corrected chi connectivity index (χ0v) is 26.3. The second-order valence-corrected chi connectivity index (χ2v) is 17.8. The molecule has 7 aliphatic rings. The van der Waals surface area contributed by atoms with E-state index in [1.54, 1.807) is 0 Å². The Kier molecular flexibility index (Phi) is 5.73. The molecular formula is C36H54O5. The van der Waals surface area contributed by atoms with Crippen LogP contribution in [0, 0.1) is 61.6 Å². The van der Waals surface area contributed by atoms with E-state index in [9.17, 15) is 25.2 Å². The molecule has 5 nitrogen and oxygen atoms in total. The van der Waals surface area contributed by atoms with E-state index in [4.69, 9.17) is 0 Å². The maximum Gasteiger partial charge on any atom is 0.159 e. The third-order valence-electron chi connectivity index (χ3n) is 15.9. The minimum Gasteiger partial charge on any atom is -0.396 e. The van der Waals surface area contributed by atoms with Gasteiger partial charge in [-0.05, 0) is 109 Å². The van der Waals surface area contributed by atoms with E-state index in [-0.39, 0.29) is 58.4 Å². The van der Waals surface area contributed by atoms with Gasteiger partial charge in [0.05, 0.1) is 24.9 Å². The number of carbonyl (C=O) groups excluding carboxylic acids is 1. The van der Waals surface area contributed by atoms with E-state index in [2.05, 4.69) is 46.8 Å². The molecule has 0 saturated heterocycles. The Morgan fingerprint density at radius 3 is 2.34 bits per heavy atom. The van der Waals surface area contributed by atoms with Gasteiger partial charge in [-0.3, -0.25) is 4.79 Å².